The summed E-state index contributed by atoms with van der Waals surface area (Å²) in [6, 6.07) is 4.03. The molecule has 74 valence electrons. The van der Waals surface area contributed by atoms with E-state index in [-0.39, 0.29) is 6.04 Å². The van der Waals surface area contributed by atoms with Crippen molar-refractivity contribution in [3.05, 3.63) is 35.0 Å². The summed E-state index contributed by atoms with van der Waals surface area (Å²) in [5, 5.41) is 4.69. The summed E-state index contributed by atoms with van der Waals surface area (Å²) in [4.78, 5) is 14.7. The molecule has 2 rings (SSSR count). The Kier molecular flexibility index (Phi) is 2.72. The van der Waals surface area contributed by atoms with Gasteiger partial charge in [-0.2, -0.15) is 0 Å². The lowest BCUT2D eigenvalue weighted by atomic mass is 9.98. The van der Waals surface area contributed by atoms with E-state index in [0.717, 1.165) is 31.4 Å². The monoisotopic (exact) mass is 191 g/mol. The molecule has 0 N–H and O–H groups in total. The van der Waals surface area contributed by atoms with Gasteiger partial charge in [0.1, 0.15) is 0 Å². The van der Waals surface area contributed by atoms with Crippen LogP contribution in [0.1, 0.15) is 30.9 Å². The summed E-state index contributed by atoms with van der Waals surface area (Å²) in [7, 11) is 0. The van der Waals surface area contributed by atoms with E-state index < -0.39 is 0 Å². The lowest BCUT2D eigenvalue weighted by molar-refractivity contribution is 0.152. The van der Waals surface area contributed by atoms with Crippen LogP contribution in [0.2, 0.25) is 0 Å². The van der Waals surface area contributed by atoms with Crippen LogP contribution in [0, 0.1) is 4.91 Å². The van der Waals surface area contributed by atoms with Crippen molar-refractivity contribution >= 4 is 0 Å². The SMILES string of the molecule is O=NN1CCCC[C@@H]1c1cccnc1. The molecule has 4 heteroatoms. The minimum absolute atomic E-state index is 0.134. The van der Waals surface area contributed by atoms with Gasteiger partial charge in [0.05, 0.1) is 11.3 Å². The Bertz CT molecular complexity index is 301. The predicted octanol–water partition coefficient (Wildman–Crippen LogP) is 2.29. The van der Waals surface area contributed by atoms with Crippen LogP contribution in [0.5, 0.6) is 0 Å². The summed E-state index contributed by atoms with van der Waals surface area (Å²) in [5.41, 5.74) is 1.09. The minimum Gasteiger partial charge on any atom is -0.264 e. The van der Waals surface area contributed by atoms with E-state index in [1.165, 1.54) is 0 Å². The minimum atomic E-state index is 0.134. The van der Waals surface area contributed by atoms with Crippen molar-refractivity contribution in [1.82, 2.24) is 9.99 Å². The number of rotatable bonds is 2. The first kappa shape index (κ1) is 9.12. The van der Waals surface area contributed by atoms with Gasteiger partial charge >= 0.3 is 0 Å². The molecule has 1 atom stereocenters. The third kappa shape index (κ3) is 1.73. The molecule has 14 heavy (non-hydrogen) atoms. The van der Waals surface area contributed by atoms with Crippen LogP contribution < -0.4 is 0 Å². The Morgan fingerprint density at radius 3 is 3.14 bits per heavy atom. The summed E-state index contributed by atoms with van der Waals surface area (Å²) >= 11 is 0. The molecule has 0 radical (unpaired) electrons. The fraction of sp³-hybridized carbons (Fsp3) is 0.500. The lowest BCUT2D eigenvalue weighted by Crippen LogP contribution is -2.28. The van der Waals surface area contributed by atoms with Crippen LogP contribution in [-0.4, -0.2) is 16.5 Å². The maximum atomic E-state index is 10.6. The zero-order valence-electron chi connectivity index (χ0n) is 7.97. The third-order valence-corrected chi connectivity index (χ3v) is 2.65. The average molecular weight is 191 g/mol. The van der Waals surface area contributed by atoms with Crippen molar-refractivity contribution < 1.29 is 0 Å². The number of hydrogen-bond donors (Lipinski definition) is 0. The normalized spacial score (nSPS) is 22.0. The van der Waals surface area contributed by atoms with Crippen molar-refractivity contribution in [2.24, 2.45) is 5.29 Å². The highest BCUT2D eigenvalue weighted by Gasteiger charge is 2.23. The van der Waals surface area contributed by atoms with Gasteiger partial charge in [-0.15, -0.1) is 4.91 Å². The van der Waals surface area contributed by atoms with Gasteiger partial charge in [0.2, 0.25) is 0 Å². The number of aromatic nitrogens is 1. The Labute approximate surface area is 82.9 Å². The largest absolute Gasteiger partial charge is 0.264 e. The Morgan fingerprint density at radius 2 is 2.43 bits per heavy atom. The fourth-order valence-corrected chi connectivity index (χ4v) is 1.93. The molecule has 1 aliphatic rings. The van der Waals surface area contributed by atoms with Crippen molar-refractivity contribution in [1.29, 1.82) is 0 Å². The molecule has 1 aromatic heterocycles. The molecule has 1 saturated heterocycles. The van der Waals surface area contributed by atoms with Gasteiger partial charge in [0.25, 0.3) is 0 Å². The first-order chi connectivity index (χ1) is 6.92. The van der Waals surface area contributed by atoms with Crippen LogP contribution in [0.4, 0.5) is 0 Å². The summed E-state index contributed by atoms with van der Waals surface area (Å²) < 4.78 is 0. The Morgan fingerprint density at radius 1 is 1.50 bits per heavy atom. The fourth-order valence-electron chi connectivity index (χ4n) is 1.93. The number of pyridine rings is 1. The Hall–Kier alpha value is -1.45. The third-order valence-electron chi connectivity index (χ3n) is 2.65. The highest BCUT2D eigenvalue weighted by atomic mass is 16.3. The van der Waals surface area contributed by atoms with Crippen molar-refractivity contribution in [2.75, 3.05) is 6.54 Å². The molecule has 1 fully saturated rings. The van der Waals surface area contributed by atoms with Crippen LogP contribution >= 0.6 is 0 Å². The molecule has 0 aliphatic carbocycles. The molecule has 0 bridgehead atoms. The van der Waals surface area contributed by atoms with Crippen LogP contribution in [0.3, 0.4) is 0 Å². The second kappa shape index (κ2) is 4.17. The molecule has 1 aromatic rings. The van der Waals surface area contributed by atoms with E-state index in [2.05, 4.69) is 10.3 Å². The first-order valence-electron chi connectivity index (χ1n) is 4.91. The van der Waals surface area contributed by atoms with Crippen molar-refractivity contribution in [2.45, 2.75) is 25.3 Å². The molecular weight excluding hydrogens is 178 g/mol. The van der Waals surface area contributed by atoms with E-state index in [0.29, 0.717) is 0 Å². The molecule has 0 amide bonds. The van der Waals surface area contributed by atoms with E-state index in [4.69, 9.17) is 0 Å². The first-order valence-corrected chi connectivity index (χ1v) is 4.91. The van der Waals surface area contributed by atoms with Gasteiger partial charge in [0, 0.05) is 18.9 Å². The maximum absolute atomic E-state index is 10.6. The zero-order chi connectivity index (χ0) is 9.80. The van der Waals surface area contributed by atoms with Gasteiger partial charge in [-0.3, -0.25) is 9.99 Å². The van der Waals surface area contributed by atoms with Gasteiger partial charge in [-0.1, -0.05) is 6.07 Å². The molecule has 2 heterocycles. The highest BCUT2D eigenvalue weighted by molar-refractivity contribution is 5.14. The van der Waals surface area contributed by atoms with E-state index in [9.17, 15) is 4.91 Å². The van der Waals surface area contributed by atoms with Crippen molar-refractivity contribution in [3.8, 4) is 0 Å². The summed E-state index contributed by atoms with van der Waals surface area (Å²) in [5.74, 6) is 0. The molecule has 0 saturated carbocycles. The van der Waals surface area contributed by atoms with Crippen LogP contribution in [0.15, 0.2) is 29.8 Å². The van der Waals surface area contributed by atoms with Gasteiger partial charge < -0.3 is 0 Å². The molecule has 0 unspecified atom stereocenters. The van der Waals surface area contributed by atoms with Crippen molar-refractivity contribution in [3.63, 3.8) is 0 Å². The average Bonchev–Trinajstić information content (AvgIpc) is 2.30. The molecule has 4 nitrogen and oxygen atoms in total. The quantitative estimate of drug-likeness (QED) is 0.674. The van der Waals surface area contributed by atoms with Gasteiger partial charge in [-0.25, -0.2) is 0 Å². The second-order valence-corrected chi connectivity index (χ2v) is 3.54. The Balaban J connectivity index is 2.19. The molecule has 0 spiro atoms. The number of piperidine rings is 1. The van der Waals surface area contributed by atoms with Gasteiger partial charge in [-0.05, 0) is 30.9 Å². The predicted molar refractivity (Wildman–Crippen MR) is 53.3 cm³/mol. The number of nitroso groups, excluding NO2 is 1. The highest BCUT2D eigenvalue weighted by Crippen LogP contribution is 2.30. The zero-order valence-corrected chi connectivity index (χ0v) is 7.97. The topological polar surface area (TPSA) is 45.6 Å². The number of hydrogen-bond acceptors (Lipinski definition) is 3. The van der Waals surface area contributed by atoms with Gasteiger partial charge in [0.15, 0.2) is 0 Å². The molecule has 1 aliphatic heterocycles. The smallest absolute Gasteiger partial charge is 0.0766 e. The molecule has 0 aromatic carbocycles. The summed E-state index contributed by atoms with van der Waals surface area (Å²) in [6.45, 7) is 0.767. The second-order valence-electron chi connectivity index (χ2n) is 3.54. The standard InChI is InChI=1S/C10H13N3O/c14-12-13-7-2-1-5-10(13)9-4-3-6-11-8-9/h3-4,6,8,10H,1-2,5,7H2/t10-/m1/s1. The van der Waals surface area contributed by atoms with Crippen LogP contribution in [0.25, 0.3) is 0 Å². The van der Waals surface area contributed by atoms with E-state index in [1.54, 1.807) is 11.2 Å². The number of nitrogens with zero attached hydrogens (tertiary/aromatic N) is 3. The maximum Gasteiger partial charge on any atom is 0.0766 e. The van der Waals surface area contributed by atoms with Crippen LogP contribution in [-0.2, 0) is 0 Å². The van der Waals surface area contributed by atoms with E-state index >= 15 is 0 Å². The summed E-state index contributed by atoms with van der Waals surface area (Å²) in [6.07, 6.45) is 6.77. The molecular formula is C10H13N3O. The van der Waals surface area contributed by atoms with E-state index in [1.807, 2.05) is 18.3 Å². The lowest BCUT2D eigenvalue weighted by Gasteiger charge is -2.30.